The molecule has 136 valence electrons. The molecular weight excluding hydrogens is 340 g/mol. The fourth-order valence-corrected chi connectivity index (χ4v) is 2.83. The lowest BCUT2D eigenvalue weighted by Gasteiger charge is -2.21. The number of carbonyl (C=O) groups excluding carboxylic acids is 2. The molecule has 0 atom stereocenters. The fraction of sp³-hybridized carbons (Fsp3) is 0.333. The van der Waals surface area contributed by atoms with Crippen LogP contribution in [0, 0.1) is 10.1 Å². The molecule has 0 unspecified atom stereocenters. The van der Waals surface area contributed by atoms with Crippen molar-refractivity contribution in [1.29, 1.82) is 0 Å². The van der Waals surface area contributed by atoms with Crippen molar-refractivity contribution in [2.24, 2.45) is 0 Å². The van der Waals surface area contributed by atoms with E-state index >= 15 is 0 Å². The first-order valence-electron chi connectivity index (χ1n) is 8.39. The van der Waals surface area contributed by atoms with Gasteiger partial charge in [0.15, 0.2) is 5.76 Å². The molecule has 1 fully saturated rings. The lowest BCUT2D eigenvalue weighted by Crippen LogP contribution is -2.20. The Morgan fingerprint density at radius 1 is 1.08 bits per heavy atom. The number of nitrogens with zero attached hydrogens (tertiary/aromatic N) is 1. The van der Waals surface area contributed by atoms with E-state index in [1.807, 2.05) is 0 Å². The van der Waals surface area contributed by atoms with Crippen molar-refractivity contribution in [3.63, 3.8) is 0 Å². The molecule has 0 spiro atoms. The number of rotatable bonds is 5. The second kappa shape index (κ2) is 7.81. The summed E-state index contributed by atoms with van der Waals surface area (Å²) in [5, 5.41) is 13.1. The molecule has 1 aromatic heterocycles. The third-order valence-corrected chi connectivity index (χ3v) is 4.20. The Balaban J connectivity index is 1.58. The minimum atomic E-state index is -0.719. The molecule has 1 N–H and O–H groups in total. The molecule has 0 aliphatic heterocycles. The molecule has 8 nitrogen and oxygen atoms in total. The van der Waals surface area contributed by atoms with E-state index in [4.69, 9.17) is 9.15 Å². The van der Waals surface area contributed by atoms with Gasteiger partial charge in [0.1, 0.15) is 11.0 Å². The van der Waals surface area contributed by atoms with Gasteiger partial charge in [0, 0.05) is 5.69 Å². The minimum Gasteiger partial charge on any atom is -0.459 e. The molecule has 3 rings (SSSR count). The highest BCUT2D eigenvalue weighted by molar-refractivity contribution is 6.02. The number of nitrogens with one attached hydrogen (secondary N) is 1. The number of esters is 1. The summed E-state index contributed by atoms with van der Waals surface area (Å²) in [5.41, 5.74) is 0.838. The summed E-state index contributed by atoms with van der Waals surface area (Å²) in [5.74, 6) is -1.67. The highest BCUT2D eigenvalue weighted by Gasteiger charge is 2.19. The number of furan rings is 1. The quantitative estimate of drug-likeness (QED) is 0.492. The summed E-state index contributed by atoms with van der Waals surface area (Å²) in [4.78, 5) is 34.0. The SMILES string of the molecule is O=C(OC1CCCCC1)c1ccc(NC(=O)c2ccc([N+](=O)[O-])o2)cc1. The summed E-state index contributed by atoms with van der Waals surface area (Å²) < 4.78 is 10.3. The standard InChI is InChI=1S/C18H18N2O6/c21-17(15-10-11-16(26-15)20(23)24)19-13-8-6-12(7-9-13)18(22)25-14-4-2-1-3-5-14/h6-11,14H,1-5H2,(H,19,21). The van der Waals surface area contributed by atoms with Crippen LogP contribution in [0.3, 0.4) is 0 Å². The van der Waals surface area contributed by atoms with E-state index in [0.29, 0.717) is 11.3 Å². The molecule has 1 aliphatic carbocycles. The van der Waals surface area contributed by atoms with E-state index in [2.05, 4.69) is 5.32 Å². The summed E-state index contributed by atoms with van der Waals surface area (Å²) in [7, 11) is 0. The second-order valence-electron chi connectivity index (χ2n) is 6.09. The number of hydrogen-bond acceptors (Lipinski definition) is 6. The number of ether oxygens (including phenoxy) is 1. The maximum Gasteiger partial charge on any atom is 0.433 e. The molecule has 1 amide bonds. The first-order valence-corrected chi connectivity index (χ1v) is 8.39. The molecule has 1 heterocycles. The zero-order chi connectivity index (χ0) is 18.5. The summed E-state index contributed by atoms with van der Waals surface area (Å²) in [6, 6.07) is 8.58. The van der Waals surface area contributed by atoms with Gasteiger partial charge < -0.3 is 14.5 Å². The van der Waals surface area contributed by atoms with Crippen LogP contribution in [0.2, 0.25) is 0 Å². The lowest BCUT2D eigenvalue weighted by atomic mass is 9.98. The van der Waals surface area contributed by atoms with Crippen molar-refractivity contribution in [2.45, 2.75) is 38.2 Å². The Morgan fingerprint density at radius 3 is 2.38 bits per heavy atom. The maximum atomic E-state index is 12.1. The van der Waals surface area contributed by atoms with Gasteiger partial charge in [-0.1, -0.05) is 6.42 Å². The van der Waals surface area contributed by atoms with Crippen LogP contribution in [-0.2, 0) is 4.74 Å². The van der Waals surface area contributed by atoms with Gasteiger partial charge in [0.2, 0.25) is 0 Å². The molecule has 0 radical (unpaired) electrons. The lowest BCUT2D eigenvalue weighted by molar-refractivity contribution is -0.402. The van der Waals surface area contributed by atoms with Crippen LogP contribution in [0.5, 0.6) is 0 Å². The van der Waals surface area contributed by atoms with Crippen LogP contribution < -0.4 is 5.32 Å². The molecule has 26 heavy (non-hydrogen) atoms. The normalized spacial score (nSPS) is 14.6. The van der Waals surface area contributed by atoms with E-state index in [0.717, 1.165) is 31.7 Å². The van der Waals surface area contributed by atoms with Crippen molar-refractivity contribution in [2.75, 3.05) is 5.32 Å². The molecule has 1 aliphatic rings. The number of nitro groups is 1. The number of carbonyl (C=O) groups is 2. The highest BCUT2D eigenvalue weighted by Crippen LogP contribution is 2.22. The molecule has 0 saturated heterocycles. The number of amides is 1. The van der Waals surface area contributed by atoms with E-state index in [1.54, 1.807) is 24.3 Å². The van der Waals surface area contributed by atoms with E-state index in [1.165, 1.54) is 12.5 Å². The Kier molecular flexibility index (Phi) is 5.31. The van der Waals surface area contributed by atoms with Crippen molar-refractivity contribution in [3.05, 3.63) is 57.8 Å². The van der Waals surface area contributed by atoms with Crippen molar-refractivity contribution in [1.82, 2.24) is 0 Å². The fourth-order valence-electron chi connectivity index (χ4n) is 2.83. The average Bonchev–Trinajstić information content (AvgIpc) is 3.14. The summed E-state index contributed by atoms with van der Waals surface area (Å²) in [6.07, 6.45) is 5.11. The van der Waals surface area contributed by atoms with Gasteiger partial charge in [-0.15, -0.1) is 0 Å². The molecular formula is C18H18N2O6. The van der Waals surface area contributed by atoms with Gasteiger partial charge in [0.25, 0.3) is 5.91 Å². The maximum absolute atomic E-state index is 12.1. The molecule has 1 aromatic carbocycles. The Hall–Kier alpha value is -3.16. The van der Waals surface area contributed by atoms with Crippen LogP contribution in [0.25, 0.3) is 0 Å². The van der Waals surface area contributed by atoms with Crippen molar-refractivity contribution >= 4 is 23.4 Å². The molecule has 1 saturated carbocycles. The second-order valence-corrected chi connectivity index (χ2v) is 6.09. The van der Waals surface area contributed by atoms with Gasteiger partial charge in [-0.2, -0.15) is 0 Å². The van der Waals surface area contributed by atoms with E-state index in [-0.39, 0.29) is 17.8 Å². The van der Waals surface area contributed by atoms with Crippen LogP contribution >= 0.6 is 0 Å². The Labute approximate surface area is 149 Å². The Bertz CT molecular complexity index is 805. The predicted molar refractivity (Wildman–Crippen MR) is 92.0 cm³/mol. The van der Waals surface area contributed by atoms with E-state index in [9.17, 15) is 19.7 Å². The molecule has 2 aromatic rings. The van der Waals surface area contributed by atoms with Crippen LogP contribution in [-0.4, -0.2) is 22.9 Å². The van der Waals surface area contributed by atoms with Gasteiger partial charge in [0.05, 0.1) is 11.6 Å². The first-order chi connectivity index (χ1) is 12.5. The summed E-state index contributed by atoms with van der Waals surface area (Å²) in [6.45, 7) is 0. The highest BCUT2D eigenvalue weighted by atomic mass is 16.6. The predicted octanol–water partition coefficient (Wildman–Crippen LogP) is 3.93. The van der Waals surface area contributed by atoms with Crippen LogP contribution in [0.1, 0.15) is 53.0 Å². The van der Waals surface area contributed by atoms with Gasteiger partial charge >= 0.3 is 11.9 Å². The molecule has 8 heteroatoms. The zero-order valence-corrected chi connectivity index (χ0v) is 14.0. The largest absolute Gasteiger partial charge is 0.459 e. The first kappa shape index (κ1) is 17.7. The molecule has 0 bridgehead atoms. The number of hydrogen-bond donors (Lipinski definition) is 1. The monoisotopic (exact) mass is 358 g/mol. The van der Waals surface area contributed by atoms with Crippen LogP contribution in [0.15, 0.2) is 40.8 Å². The smallest absolute Gasteiger partial charge is 0.433 e. The van der Waals surface area contributed by atoms with Crippen LogP contribution in [0.4, 0.5) is 11.6 Å². The number of benzene rings is 1. The number of anilines is 1. The van der Waals surface area contributed by atoms with E-state index < -0.39 is 16.7 Å². The van der Waals surface area contributed by atoms with Crippen molar-refractivity contribution in [3.8, 4) is 0 Å². The average molecular weight is 358 g/mol. The van der Waals surface area contributed by atoms with Gasteiger partial charge in [-0.05, 0) is 56.0 Å². The third kappa shape index (κ3) is 4.27. The zero-order valence-electron chi connectivity index (χ0n) is 14.0. The van der Waals surface area contributed by atoms with Gasteiger partial charge in [-0.25, -0.2) is 4.79 Å². The minimum absolute atomic E-state index is 0.0228. The third-order valence-electron chi connectivity index (χ3n) is 4.20. The van der Waals surface area contributed by atoms with Gasteiger partial charge in [-0.3, -0.25) is 14.9 Å². The van der Waals surface area contributed by atoms with Crippen molar-refractivity contribution < 1.29 is 23.7 Å². The topological polar surface area (TPSA) is 112 Å². The summed E-state index contributed by atoms with van der Waals surface area (Å²) >= 11 is 0. The Morgan fingerprint density at radius 2 is 1.77 bits per heavy atom.